The first-order valence-corrected chi connectivity index (χ1v) is 10.2. The third-order valence-corrected chi connectivity index (χ3v) is 4.86. The van der Waals surface area contributed by atoms with Gasteiger partial charge < -0.3 is 19.5 Å². The fraction of sp³-hybridized carbons (Fsp3) is 0.250. The molecule has 4 rings (SSSR count). The van der Waals surface area contributed by atoms with Crippen LogP contribution in [-0.2, 0) is 11.3 Å². The van der Waals surface area contributed by atoms with Crippen LogP contribution in [0.1, 0.15) is 28.8 Å². The molecule has 6 nitrogen and oxygen atoms in total. The molecule has 3 aromatic rings. The van der Waals surface area contributed by atoms with E-state index in [1.165, 1.54) is 24.3 Å². The van der Waals surface area contributed by atoms with Gasteiger partial charge in [-0.25, -0.2) is 9.37 Å². The fourth-order valence-corrected chi connectivity index (χ4v) is 3.19. The summed E-state index contributed by atoms with van der Waals surface area (Å²) >= 11 is 0. The predicted molar refractivity (Wildman–Crippen MR) is 113 cm³/mol. The van der Waals surface area contributed by atoms with E-state index in [0.717, 1.165) is 25.0 Å². The summed E-state index contributed by atoms with van der Waals surface area (Å²) in [5, 5.41) is 2.88. The van der Waals surface area contributed by atoms with Crippen LogP contribution in [0.25, 0.3) is 0 Å². The highest BCUT2D eigenvalue weighted by atomic mass is 19.1. The number of aromatic nitrogens is 1. The number of benzene rings is 2. The maximum absolute atomic E-state index is 13.0. The number of nitrogens with one attached hydrogen (secondary N) is 1. The minimum atomic E-state index is -0.334. The number of ether oxygens (including phenoxy) is 3. The van der Waals surface area contributed by atoms with Crippen molar-refractivity contribution in [2.75, 3.05) is 13.2 Å². The second-order valence-electron chi connectivity index (χ2n) is 7.21. The molecule has 1 amide bonds. The highest BCUT2D eigenvalue weighted by Gasteiger charge is 2.16. The Morgan fingerprint density at radius 1 is 1.10 bits per heavy atom. The molecule has 0 aliphatic carbocycles. The molecule has 1 atom stereocenters. The van der Waals surface area contributed by atoms with Gasteiger partial charge >= 0.3 is 0 Å². The normalized spacial score (nSPS) is 15.5. The molecule has 1 N–H and O–H groups in total. The lowest BCUT2D eigenvalue weighted by Gasteiger charge is -2.12. The Bertz CT molecular complexity index is 1000. The number of halogens is 1. The monoisotopic (exact) mass is 422 g/mol. The van der Waals surface area contributed by atoms with E-state index in [0.29, 0.717) is 36.1 Å². The first-order valence-electron chi connectivity index (χ1n) is 10.2. The Balaban J connectivity index is 1.28. The number of amides is 1. The van der Waals surface area contributed by atoms with Crippen LogP contribution in [0.5, 0.6) is 17.4 Å². The van der Waals surface area contributed by atoms with Crippen molar-refractivity contribution in [3.63, 3.8) is 0 Å². The summed E-state index contributed by atoms with van der Waals surface area (Å²) in [7, 11) is 0. The molecule has 2 aromatic carbocycles. The smallest absolute Gasteiger partial charge is 0.251 e. The molecule has 0 saturated carbocycles. The van der Waals surface area contributed by atoms with E-state index < -0.39 is 0 Å². The topological polar surface area (TPSA) is 69.7 Å². The SMILES string of the molecule is O=C(NCc1ccnc(Oc2ccc(F)cc2)c1)c1ccc(OCC2CCCO2)cc1. The van der Waals surface area contributed by atoms with E-state index in [4.69, 9.17) is 14.2 Å². The van der Waals surface area contributed by atoms with Gasteiger partial charge in [0, 0.05) is 31.0 Å². The lowest BCUT2D eigenvalue weighted by Crippen LogP contribution is -2.22. The van der Waals surface area contributed by atoms with Gasteiger partial charge in [0.2, 0.25) is 5.88 Å². The lowest BCUT2D eigenvalue weighted by atomic mass is 10.2. The number of hydrogen-bond acceptors (Lipinski definition) is 5. The number of carbonyl (C=O) groups excluding carboxylic acids is 1. The molecular formula is C24H23FN2O4. The second kappa shape index (κ2) is 10.0. The standard InChI is InChI=1S/C24H23FN2O4/c25-19-5-9-21(10-6-19)31-23-14-17(11-12-26-23)15-27-24(28)18-3-7-20(8-4-18)30-16-22-2-1-13-29-22/h3-12,14,22H,1-2,13,15-16H2,(H,27,28). The Labute approximate surface area is 180 Å². The summed E-state index contributed by atoms with van der Waals surface area (Å²) in [6, 6.07) is 16.2. The van der Waals surface area contributed by atoms with Crippen molar-refractivity contribution in [3.8, 4) is 17.4 Å². The van der Waals surface area contributed by atoms with Crippen LogP contribution >= 0.6 is 0 Å². The molecule has 1 unspecified atom stereocenters. The Hall–Kier alpha value is -3.45. The Morgan fingerprint density at radius 2 is 1.87 bits per heavy atom. The quantitative estimate of drug-likeness (QED) is 0.579. The molecule has 0 radical (unpaired) electrons. The number of rotatable bonds is 8. The van der Waals surface area contributed by atoms with Crippen molar-refractivity contribution in [2.45, 2.75) is 25.5 Å². The summed E-state index contributed by atoms with van der Waals surface area (Å²) in [5.41, 5.74) is 1.37. The van der Waals surface area contributed by atoms with Crippen molar-refractivity contribution < 1.29 is 23.4 Å². The van der Waals surface area contributed by atoms with E-state index >= 15 is 0 Å². The average molecular weight is 422 g/mol. The first-order chi connectivity index (χ1) is 15.2. The summed E-state index contributed by atoms with van der Waals surface area (Å²) in [6.07, 6.45) is 3.84. The zero-order valence-corrected chi connectivity index (χ0v) is 16.9. The van der Waals surface area contributed by atoms with Crippen LogP contribution in [0.15, 0.2) is 66.9 Å². The first kappa shape index (κ1) is 20.8. The zero-order valence-electron chi connectivity index (χ0n) is 16.9. The molecular weight excluding hydrogens is 399 g/mol. The third-order valence-electron chi connectivity index (χ3n) is 4.86. The van der Waals surface area contributed by atoms with Gasteiger partial charge in [-0.3, -0.25) is 4.79 Å². The average Bonchev–Trinajstić information content (AvgIpc) is 3.32. The largest absolute Gasteiger partial charge is 0.491 e. The van der Waals surface area contributed by atoms with Crippen molar-refractivity contribution >= 4 is 5.91 Å². The predicted octanol–water partition coefficient (Wildman–Crippen LogP) is 4.50. The van der Waals surface area contributed by atoms with Crippen LogP contribution in [0.3, 0.4) is 0 Å². The Kier molecular flexibility index (Phi) is 6.74. The number of hydrogen-bond donors (Lipinski definition) is 1. The van der Waals surface area contributed by atoms with Crippen molar-refractivity contribution in [3.05, 3.63) is 83.8 Å². The molecule has 1 saturated heterocycles. The van der Waals surface area contributed by atoms with Crippen LogP contribution < -0.4 is 14.8 Å². The van der Waals surface area contributed by atoms with Gasteiger partial charge in [0.25, 0.3) is 5.91 Å². The minimum absolute atomic E-state index is 0.153. The highest BCUT2D eigenvalue weighted by Crippen LogP contribution is 2.20. The summed E-state index contributed by atoms with van der Waals surface area (Å²) in [5.74, 6) is 1.04. The second-order valence-corrected chi connectivity index (χ2v) is 7.21. The maximum atomic E-state index is 13.0. The molecule has 160 valence electrons. The number of nitrogens with zero attached hydrogens (tertiary/aromatic N) is 1. The molecule has 1 aromatic heterocycles. The van der Waals surface area contributed by atoms with Gasteiger partial charge in [-0.05, 0) is 73.0 Å². The maximum Gasteiger partial charge on any atom is 0.251 e. The molecule has 0 spiro atoms. The zero-order chi connectivity index (χ0) is 21.5. The molecule has 0 bridgehead atoms. The molecule has 7 heteroatoms. The van der Waals surface area contributed by atoms with Crippen molar-refractivity contribution in [1.29, 1.82) is 0 Å². The van der Waals surface area contributed by atoms with Gasteiger partial charge in [0.1, 0.15) is 23.9 Å². The van der Waals surface area contributed by atoms with E-state index in [-0.39, 0.29) is 17.8 Å². The van der Waals surface area contributed by atoms with E-state index in [1.54, 1.807) is 42.6 Å². The number of carbonyl (C=O) groups is 1. The van der Waals surface area contributed by atoms with Gasteiger partial charge in [-0.1, -0.05) is 0 Å². The van der Waals surface area contributed by atoms with Gasteiger partial charge in [0.15, 0.2) is 0 Å². The lowest BCUT2D eigenvalue weighted by molar-refractivity contribution is 0.0679. The molecule has 1 aliphatic heterocycles. The van der Waals surface area contributed by atoms with Crippen LogP contribution in [0.4, 0.5) is 4.39 Å². The van der Waals surface area contributed by atoms with Crippen LogP contribution in [-0.4, -0.2) is 30.2 Å². The van der Waals surface area contributed by atoms with Gasteiger partial charge in [0.05, 0.1) is 6.10 Å². The summed E-state index contributed by atoms with van der Waals surface area (Å²) < 4.78 is 29.9. The molecule has 1 aliphatic rings. The summed E-state index contributed by atoms with van der Waals surface area (Å²) in [6.45, 7) is 1.64. The Morgan fingerprint density at radius 3 is 2.61 bits per heavy atom. The third kappa shape index (κ3) is 6.02. The van der Waals surface area contributed by atoms with Gasteiger partial charge in [-0.15, -0.1) is 0 Å². The van der Waals surface area contributed by atoms with E-state index in [2.05, 4.69) is 10.3 Å². The fourth-order valence-electron chi connectivity index (χ4n) is 3.19. The minimum Gasteiger partial charge on any atom is -0.491 e. The van der Waals surface area contributed by atoms with Crippen LogP contribution in [0, 0.1) is 5.82 Å². The number of pyridine rings is 1. The molecule has 2 heterocycles. The van der Waals surface area contributed by atoms with Gasteiger partial charge in [-0.2, -0.15) is 0 Å². The van der Waals surface area contributed by atoms with Crippen LogP contribution in [0.2, 0.25) is 0 Å². The van der Waals surface area contributed by atoms with Crippen molar-refractivity contribution in [2.24, 2.45) is 0 Å². The summed E-state index contributed by atoms with van der Waals surface area (Å²) in [4.78, 5) is 16.6. The molecule has 1 fully saturated rings. The highest BCUT2D eigenvalue weighted by molar-refractivity contribution is 5.94. The molecule has 31 heavy (non-hydrogen) atoms. The van der Waals surface area contributed by atoms with E-state index in [1.807, 2.05) is 0 Å². The van der Waals surface area contributed by atoms with Crippen molar-refractivity contribution in [1.82, 2.24) is 10.3 Å². The van der Waals surface area contributed by atoms with E-state index in [9.17, 15) is 9.18 Å².